The van der Waals surface area contributed by atoms with Gasteiger partial charge in [0.2, 0.25) is 0 Å². The van der Waals surface area contributed by atoms with E-state index in [1.807, 2.05) is 0 Å². The van der Waals surface area contributed by atoms with E-state index in [0.717, 1.165) is 19.6 Å². The zero-order valence-electron chi connectivity index (χ0n) is 6.30. The molecule has 1 fully saturated rings. The van der Waals surface area contributed by atoms with Crippen molar-refractivity contribution < 1.29 is 0 Å². The van der Waals surface area contributed by atoms with Gasteiger partial charge in [0.05, 0.1) is 0 Å². The Labute approximate surface area is 57.4 Å². The first-order chi connectivity index (χ1) is 4.20. The SMILES string of the molecule is [CH2-]N1CCN(C)[C@@H](C)C1. The summed E-state index contributed by atoms with van der Waals surface area (Å²) in [4.78, 5) is 4.49. The molecule has 0 aliphatic carbocycles. The van der Waals surface area contributed by atoms with E-state index in [-0.39, 0.29) is 0 Å². The Kier molecular flexibility index (Phi) is 2.09. The molecule has 1 saturated heterocycles. The second-order valence-electron chi connectivity index (χ2n) is 2.91. The lowest BCUT2D eigenvalue weighted by Gasteiger charge is -2.40. The van der Waals surface area contributed by atoms with Crippen molar-refractivity contribution in [2.75, 3.05) is 26.7 Å². The average Bonchev–Trinajstić information content (AvgIpc) is 1.80. The van der Waals surface area contributed by atoms with Crippen molar-refractivity contribution in [1.82, 2.24) is 9.80 Å². The first kappa shape index (κ1) is 7.03. The molecule has 9 heavy (non-hydrogen) atoms. The molecule has 0 N–H and O–H groups in total. The lowest BCUT2D eigenvalue weighted by molar-refractivity contribution is 0.137. The highest BCUT2D eigenvalue weighted by atomic mass is 15.3. The van der Waals surface area contributed by atoms with Crippen LogP contribution in [0.15, 0.2) is 0 Å². The van der Waals surface area contributed by atoms with Crippen molar-refractivity contribution in [3.05, 3.63) is 7.05 Å². The van der Waals surface area contributed by atoms with Gasteiger partial charge in [-0.1, -0.05) is 0 Å². The first-order valence-corrected chi connectivity index (χ1v) is 3.46. The average molecular weight is 127 g/mol. The fourth-order valence-corrected chi connectivity index (χ4v) is 1.12. The van der Waals surface area contributed by atoms with Crippen LogP contribution in [-0.2, 0) is 0 Å². The van der Waals surface area contributed by atoms with Crippen LogP contribution in [0.25, 0.3) is 0 Å². The summed E-state index contributed by atoms with van der Waals surface area (Å²) in [5, 5.41) is 0. The minimum atomic E-state index is 0.677. The van der Waals surface area contributed by atoms with Gasteiger partial charge < -0.3 is 9.80 Å². The predicted octanol–water partition coefficient (Wildman–Crippen LogP) is 0.414. The van der Waals surface area contributed by atoms with E-state index >= 15 is 0 Å². The molecule has 1 aliphatic heterocycles. The van der Waals surface area contributed by atoms with E-state index in [4.69, 9.17) is 0 Å². The highest BCUT2D eigenvalue weighted by molar-refractivity contribution is 4.75. The third-order valence-electron chi connectivity index (χ3n) is 2.04. The van der Waals surface area contributed by atoms with Crippen molar-refractivity contribution in [2.24, 2.45) is 0 Å². The molecule has 2 heteroatoms. The standard InChI is InChI=1S/C7H15N2/c1-7-6-8(2)4-5-9(7)3/h7H,2,4-6H2,1,3H3/q-1/t7-/m0/s1. The Bertz CT molecular complexity index is 92.9. The van der Waals surface area contributed by atoms with Gasteiger partial charge in [-0.3, -0.25) is 7.05 Å². The van der Waals surface area contributed by atoms with E-state index < -0.39 is 0 Å². The fraction of sp³-hybridized carbons (Fsp3) is 0.857. The third-order valence-corrected chi connectivity index (χ3v) is 2.04. The molecule has 54 valence electrons. The van der Waals surface area contributed by atoms with E-state index in [1.54, 1.807) is 0 Å². The second kappa shape index (κ2) is 2.67. The summed E-state index contributed by atoms with van der Waals surface area (Å²) in [6.45, 7) is 5.61. The molecular weight excluding hydrogens is 112 g/mol. The quantitative estimate of drug-likeness (QED) is 0.435. The largest absolute Gasteiger partial charge is 0.457 e. The van der Waals surface area contributed by atoms with Crippen LogP contribution in [0.4, 0.5) is 0 Å². The molecule has 0 radical (unpaired) electrons. The highest BCUT2D eigenvalue weighted by Crippen LogP contribution is 2.04. The number of hydrogen-bond donors (Lipinski definition) is 0. The summed E-state index contributed by atoms with van der Waals surface area (Å²) in [6.07, 6.45) is 0. The Morgan fingerprint density at radius 1 is 1.44 bits per heavy atom. The summed E-state index contributed by atoms with van der Waals surface area (Å²) < 4.78 is 0. The molecule has 1 aliphatic rings. The molecule has 1 atom stereocenters. The van der Waals surface area contributed by atoms with Crippen LogP contribution in [0.3, 0.4) is 0 Å². The van der Waals surface area contributed by atoms with E-state index in [1.165, 1.54) is 0 Å². The zero-order valence-corrected chi connectivity index (χ0v) is 6.30. The Morgan fingerprint density at radius 2 is 2.11 bits per heavy atom. The maximum absolute atomic E-state index is 3.89. The van der Waals surface area contributed by atoms with Gasteiger partial charge in [0.15, 0.2) is 0 Å². The minimum Gasteiger partial charge on any atom is -0.457 e. The van der Waals surface area contributed by atoms with Crippen molar-refractivity contribution in [1.29, 1.82) is 0 Å². The molecule has 0 amide bonds. The number of nitrogens with zero attached hydrogens (tertiary/aromatic N) is 2. The van der Waals surface area contributed by atoms with Crippen LogP contribution < -0.4 is 0 Å². The normalized spacial score (nSPS) is 33.0. The van der Waals surface area contributed by atoms with Crippen LogP contribution in [0.5, 0.6) is 0 Å². The molecular formula is C7H15N2-. The van der Waals surface area contributed by atoms with Gasteiger partial charge in [-0.25, -0.2) is 0 Å². The smallest absolute Gasteiger partial charge is 0.0168 e. The molecule has 1 rings (SSSR count). The van der Waals surface area contributed by atoms with E-state index in [0.29, 0.717) is 6.04 Å². The molecule has 0 aromatic carbocycles. The molecule has 0 saturated carbocycles. The molecule has 0 spiro atoms. The van der Waals surface area contributed by atoms with E-state index in [2.05, 4.69) is 30.8 Å². The fourth-order valence-electron chi connectivity index (χ4n) is 1.12. The summed E-state index contributed by atoms with van der Waals surface area (Å²) >= 11 is 0. The number of hydrogen-bond acceptors (Lipinski definition) is 2. The Hall–Kier alpha value is -0.0800. The Balaban J connectivity index is 2.35. The zero-order chi connectivity index (χ0) is 6.85. The first-order valence-electron chi connectivity index (χ1n) is 3.46. The summed E-state index contributed by atoms with van der Waals surface area (Å²) in [5.74, 6) is 0. The van der Waals surface area contributed by atoms with Crippen LogP contribution >= 0.6 is 0 Å². The molecule has 0 aromatic heterocycles. The van der Waals surface area contributed by atoms with Gasteiger partial charge in [-0.2, -0.15) is 0 Å². The summed E-state index contributed by atoms with van der Waals surface area (Å²) in [5.41, 5.74) is 0. The minimum absolute atomic E-state index is 0.677. The van der Waals surface area contributed by atoms with Crippen molar-refractivity contribution >= 4 is 0 Å². The lowest BCUT2D eigenvalue weighted by Crippen LogP contribution is -2.47. The van der Waals surface area contributed by atoms with E-state index in [9.17, 15) is 0 Å². The van der Waals surface area contributed by atoms with Gasteiger partial charge in [0.25, 0.3) is 0 Å². The van der Waals surface area contributed by atoms with Crippen LogP contribution in [0.2, 0.25) is 0 Å². The van der Waals surface area contributed by atoms with Crippen LogP contribution in [0, 0.1) is 7.05 Å². The van der Waals surface area contributed by atoms with Gasteiger partial charge >= 0.3 is 0 Å². The molecule has 1 heterocycles. The predicted molar refractivity (Wildman–Crippen MR) is 39.0 cm³/mol. The van der Waals surface area contributed by atoms with Crippen molar-refractivity contribution in [3.63, 3.8) is 0 Å². The van der Waals surface area contributed by atoms with Gasteiger partial charge in [0, 0.05) is 12.6 Å². The number of likely N-dealkylation sites (N-methyl/N-ethyl adjacent to an activating group) is 1. The van der Waals surface area contributed by atoms with Crippen LogP contribution in [0.1, 0.15) is 6.92 Å². The Morgan fingerprint density at radius 3 is 2.56 bits per heavy atom. The lowest BCUT2D eigenvalue weighted by atomic mass is 10.2. The van der Waals surface area contributed by atoms with Crippen LogP contribution in [-0.4, -0.2) is 42.5 Å². The number of rotatable bonds is 0. The summed E-state index contributed by atoms with van der Waals surface area (Å²) in [6, 6.07) is 0.677. The molecule has 0 unspecified atom stereocenters. The molecule has 2 nitrogen and oxygen atoms in total. The third kappa shape index (κ3) is 1.66. The van der Waals surface area contributed by atoms with Crippen molar-refractivity contribution in [2.45, 2.75) is 13.0 Å². The summed E-state index contributed by atoms with van der Waals surface area (Å²) in [7, 11) is 6.05. The molecule has 0 aromatic rings. The number of piperazine rings is 1. The van der Waals surface area contributed by atoms with Gasteiger partial charge in [0.1, 0.15) is 0 Å². The molecule has 0 bridgehead atoms. The second-order valence-corrected chi connectivity index (χ2v) is 2.91. The highest BCUT2D eigenvalue weighted by Gasteiger charge is 2.13. The maximum Gasteiger partial charge on any atom is 0.0168 e. The maximum atomic E-state index is 3.89. The monoisotopic (exact) mass is 127 g/mol. The van der Waals surface area contributed by atoms with Gasteiger partial charge in [-0.15, -0.1) is 0 Å². The van der Waals surface area contributed by atoms with Crippen molar-refractivity contribution in [3.8, 4) is 0 Å². The van der Waals surface area contributed by atoms with Gasteiger partial charge in [-0.05, 0) is 27.1 Å². The topological polar surface area (TPSA) is 6.48 Å².